The SMILES string of the molecule is CCOCCCCNC(=NC)N1CCN(c2ccccc2OC)CC1. The highest BCUT2D eigenvalue weighted by molar-refractivity contribution is 5.80. The van der Waals surface area contributed by atoms with Gasteiger partial charge < -0.3 is 24.6 Å². The second-order valence-corrected chi connectivity index (χ2v) is 6.02. The lowest BCUT2D eigenvalue weighted by Crippen LogP contribution is -2.52. The third-order valence-electron chi connectivity index (χ3n) is 4.42. The van der Waals surface area contributed by atoms with Gasteiger partial charge in [0.2, 0.25) is 0 Å². The minimum absolute atomic E-state index is 0.797. The molecular weight excluding hydrogens is 316 g/mol. The van der Waals surface area contributed by atoms with Crippen LogP contribution in [0.25, 0.3) is 0 Å². The summed E-state index contributed by atoms with van der Waals surface area (Å²) in [6.07, 6.45) is 2.18. The van der Waals surface area contributed by atoms with Crippen LogP contribution in [0, 0.1) is 0 Å². The van der Waals surface area contributed by atoms with Crippen molar-refractivity contribution in [3.8, 4) is 5.75 Å². The Balaban J connectivity index is 1.78. The standard InChI is InChI=1S/C19H32N4O2/c1-4-25-16-8-7-11-21-19(20-2)23-14-12-22(13-15-23)17-9-5-6-10-18(17)24-3/h5-6,9-10H,4,7-8,11-16H2,1-3H3,(H,20,21). The van der Waals surface area contributed by atoms with E-state index in [4.69, 9.17) is 9.47 Å². The van der Waals surface area contributed by atoms with Gasteiger partial charge in [-0.2, -0.15) is 0 Å². The van der Waals surface area contributed by atoms with Gasteiger partial charge in [0.1, 0.15) is 5.75 Å². The number of para-hydroxylation sites is 2. The molecule has 0 radical (unpaired) electrons. The van der Waals surface area contributed by atoms with Gasteiger partial charge >= 0.3 is 0 Å². The van der Waals surface area contributed by atoms with Crippen molar-refractivity contribution in [3.05, 3.63) is 24.3 Å². The molecule has 1 heterocycles. The number of guanidine groups is 1. The largest absolute Gasteiger partial charge is 0.495 e. The Hall–Kier alpha value is -1.95. The molecule has 25 heavy (non-hydrogen) atoms. The Bertz CT molecular complexity index is 528. The van der Waals surface area contributed by atoms with Gasteiger partial charge in [-0.25, -0.2) is 0 Å². The fraction of sp³-hybridized carbons (Fsp3) is 0.632. The Kier molecular flexibility index (Phi) is 8.39. The molecule has 1 N–H and O–H groups in total. The van der Waals surface area contributed by atoms with Crippen molar-refractivity contribution in [2.24, 2.45) is 4.99 Å². The quantitative estimate of drug-likeness (QED) is 0.443. The molecule has 0 saturated carbocycles. The van der Waals surface area contributed by atoms with E-state index in [1.54, 1.807) is 7.11 Å². The number of anilines is 1. The predicted octanol–water partition coefficient (Wildman–Crippen LogP) is 2.21. The molecule has 0 aliphatic carbocycles. The zero-order chi connectivity index (χ0) is 17.9. The monoisotopic (exact) mass is 348 g/mol. The zero-order valence-electron chi connectivity index (χ0n) is 15.8. The molecule has 1 aromatic rings. The summed E-state index contributed by atoms with van der Waals surface area (Å²) in [5, 5.41) is 3.47. The van der Waals surface area contributed by atoms with E-state index in [9.17, 15) is 0 Å². The van der Waals surface area contributed by atoms with Crippen LogP contribution in [0.5, 0.6) is 5.75 Å². The van der Waals surface area contributed by atoms with E-state index in [0.717, 1.165) is 70.5 Å². The van der Waals surface area contributed by atoms with Gasteiger partial charge in [0.05, 0.1) is 12.8 Å². The van der Waals surface area contributed by atoms with Crippen molar-refractivity contribution < 1.29 is 9.47 Å². The van der Waals surface area contributed by atoms with Crippen LogP contribution in [-0.4, -0.2) is 71.0 Å². The number of unbranched alkanes of at least 4 members (excludes halogenated alkanes) is 1. The first-order valence-corrected chi connectivity index (χ1v) is 9.21. The number of ether oxygens (including phenoxy) is 2. The number of rotatable bonds is 8. The third kappa shape index (κ3) is 5.81. The number of benzene rings is 1. The predicted molar refractivity (Wildman–Crippen MR) is 104 cm³/mol. The smallest absolute Gasteiger partial charge is 0.193 e. The average Bonchev–Trinajstić information content (AvgIpc) is 2.68. The van der Waals surface area contributed by atoms with Gasteiger partial charge in [-0.05, 0) is 31.9 Å². The molecule has 1 aliphatic rings. The van der Waals surface area contributed by atoms with Crippen LogP contribution in [-0.2, 0) is 4.74 Å². The van der Waals surface area contributed by atoms with Crippen molar-refractivity contribution in [1.29, 1.82) is 0 Å². The number of nitrogens with zero attached hydrogens (tertiary/aromatic N) is 3. The second-order valence-electron chi connectivity index (χ2n) is 6.02. The van der Waals surface area contributed by atoms with Crippen molar-refractivity contribution in [3.63, 3.8) is 0 Å². The van der Waals surface area contributed by atoms with Gasteiger partial charge in [-0.15, -0.1) is 0 Å². The van der Waals surface area contributed by atoms with Crippen molar-refractivity contribution >= 4 is 11.6 Å². The fourth-order valence-corrected chi connectivity index (χ4v) is 3.06. The molecule has 1 fully saturated rings. The molecule has 2 rings (SSSR count). The highest BCUT2D eigenvalue weighted by Gasteiger charge is 2.21. The molecule has 1 saturated heterocycles. The summed E-state index contributed by atoms with van der Waals surface area (Å²) in [5.41, 5.74) is 1.17. The van der Waals surface area contributed by atoms with Crippen LogP contribution >= 0.6 is 0 Å². The molecule has 140 valence electrons. The molecule has 0 bridgehead atoms. The Morgan fingerprint density at radius 1 is 1.16 bits per heavy atom. The maximum Gasteiger partial charge on any atom is 0.193 e. The summed E-state index contributed by atoms with van der Waals surface area (Å²) in [5.74, 6) is 1.93. The topological polar surface area (TPSA) is 49.3 Å². The lowest BCUT2D eigenvalue weighted by molar-refractivity contribution is 0.143. The van der Waals surface area contributed by atoms with Gasteiger partial charge in [0, 0.05) is 53.0 Å². The Morgan fingerprint density at radius 3 is 2.60 bits per heavy atom. The summed E-state index contributed by atoms with van der Waals surface area (Å²) in [6, 6.07) is 8.22. The molecule has 0 atom stereocenters. The number of hydrogen-bond acceptors (Lipinski definition) is 4. The van der Waals surface area contributed by atoms with Crippen LogP contribution in [0.3, 0.4) is 0 Å². The van der Waals surface area contributed by atoms with Crippen molar-refractivity contribution in [2.45, 2.75) is 19.8 Å². The summed E-state index contributed by atoms with van der Waals surface area (Å²) in [6.45, 7) is 8.45. The molecule has 0 amide bonds. The van der Waals surface area contributed by atoms with E-state index in [1.807, 2.05) is 26.1 Å². The van der Waals surface area contributed by atoms with Crippen molar-refractivity contribution in [2.75, 3.05) is 65.0 Å². The summed E-state index contributed by atoms with van der Waals surface area (Å²) in [4.78, 5) is 9.14. The summed E-state index contributed by atoms with van der Waals surface area (Å²) < 4.78 is 10.9. The normalized spacial score (nSPS) is 15.4. The average molecular weight is 348 g/mol. The molecule has 0 aromatic heterocycles. The molecule has 0 unspecified atom stereocenters. The van der Waals surface area contributed by atoms with Gasteiger partial charge in [0.15, 0.2) is 5.96 Å². The first kappa shape index (κ1) is 19.4. The van der Waals surface area contributed by atoms with Crippen LogP contribution < -0.4 is 15.0 Å². The lowest BCUT2D eigenvalue weighted by Gasteiger charge is -2.38. The van der Waals surface area contributed by atoms with Crippen LogP contribution in [0.1, 0.15) is 19.8 Å². The number of hydrogen-bond donors (Lipinski definition) is 1. The summed E-state index contributed by atoms with van der Waals surface area (Å²) >= 11 is 0. The fourth-order valence-electron chi connectivity index (χ4n) is 3.06. The maximum atomic E-state index is 5.49. The van der Waals surface area contributed by atoms with E-state index in [-0.39, 0.29) is 0 Å². The van der Waals surface area contributed by atoms with Crippen LogP contribution in [0.2, 0.25) is 0 Å². The number of methoxy groups -OCH3 is 1. The van der Waals surface area contributed by atoms with Gasteiger partial charge in [-0.3, -0.25) is 4.99 Å². The van der Waals surface area contributed by atoms with Gasteiger partial charge in [0.25, 0.3) is 0 Å². The van der Waals surface area contributed by atoms with E-state index in [0.29, 0.717) is 0 Å². The minimum Gasteiger partial charge on any atom is -0.495 e. The first-order chi connectivity index (χ1) is 12.3. The molecule has 0 spiro atoms. The highest BCUT2D eigenvalue weighted by Crippen LogP contribution is 2.28. The zero-order valence-corrected chi connectivity index (χ0v) is 15.8. The van der Waals surface area contributed by atoms with Crippen LogP contribution in [0.4, 0.5) is 5.69 Å². The summed E-state index contributed by atoms with van der Waals surface area (Å²) in [7, 11) is 3.58. The van der Waals surface area contributed by atoms with E-state index >= 15 is 0 Å². The molecule has 6 nitrogen and oxygen atoms in total. The van der Waals surface area contributed by atoms with Gasteiger partial charge in [-0.1, -0.05) is 12.1 Å². The molecule has 1 aliphatic heterocycles. The molecule has 6 heteroatoms. The molecule has 1 aromatic carbocycles. The van der Waals surface area contributed by atoms with Crippen LogP contribution in [0.15, 0.2) is 29.3 Å². The van der Waals surface area contributed by atoms with E-state index in [1.165, 1.54) is 5.69 Å². The number of aliphatic imine (C=N–C) groups is 1. The number of nitrogens with one attached hydrogen (secondary N) is 1. The second kappa shape index (κ2) is 10.8. The molecular formula is C19H32N4O2. The lowest BCUT2D eigenvalue weighted by atomic mass is 10.2. The first-order valence-electron chi connectivity index (χ1n) is 9.21. The van der Waals surface area contributed by atoms with E-state index < -0.39 is 0 Å². The number of piperazine rings is 1. The van der Waals surface area contributed by atoms with Crippen molar-refractivity contribution in [1.82, 2.24) is 10.2 Å². The minimum atomic E-state index is 0.797. The Morgan fingerprint density at radius 2 is 1.92 bits per heavy atom. The Labute approximate surface area is 151 Å². The maximum absolute atomic E-state index is 5.49. The third-order valence-corrected chi connectivity index (χ3v) is 4.42. The van der Waals surface area contributed by atoms with E-state index in [2.05, 4.69) is 32.2 Å². The highest BCUT2D eigenvalue weighted by atomic mass is 16.5.